The number of nitrogens with zero attached hydrogens (tertiary/aromatic N) is 1. The van der Waals surface area contributed by atoms with Gasteiger partial charge >= 0.3 is 6.03 Å². The minimum absolute atomic E-state index is 0.0978. The largest absolute Gasteiger partial charge is 0.490 e. The highest BCUT2D eigenvalue weighted by Gasteiger charge is 2.37. The molecular weight excluding hydrogens is 404 g/mol. The Morgan fingerprint density at radius 1 is 0.969 bits per heavy atom. The van der Waals surface area contributed by atoms with E-state index in [9.17, 15) is 14.4 Å². The highest BCUT2D eigenvalue weighted by molar-refractivity contribution is 6.39. The molecule has 1 heterocycles. The first-order valence-electron chi connectivity index (χ1n) is 10.6. The quantitative estimate of drug-likeness (QED) is 0.465. The van der Waals surface area contributed by atoms with Crippen LogP contribution in [0.2, 0.25) is 0 Å². The minimum Gasteiger partial charge on any atom is -0.490 e. The minimum atomic E-state index is -0.766. The van der Waals surface area contributed by atoms with Gasteiger partial charge in [0.25, 0.3) is 11.8 Å². The Hall–Kier alpha value is -3.93. The number of carbonyl (C=O) groups is 3. The number of barbiturate groups is 1. The number of imide groups is 2. The fraction of sp³-hybridized carbons (Fsp3) is 0.192. The summed E-state index contributed by atoms with van der Waals surface area (Å²) >= 11 is 0. The molecule has 1 aliphatic heterocycles. The molecule has 0 aliphatic carbocycles. The summed E-state index contributed by atoms with van der Waals surface area (Å²) in [6.07, 6.45) is 2.25. The maximum atomic E-state index is 13.3. The van der Waals surface area contributed by atoms with Crippen LogP contribution >= 0.6 is 0 Å². The van der Waals surface area contributed by atoms with E-state index in [4.69, 9.17) is 4.74 Å². The molecule has 0 atom stereocenters. The first-order valence-corrected chi connectivity index (χ1v) is 10.6. The zero-order valence-electron chi connectivity index (χ0n) is 18.2. The summed E-state index contributed by atoms with van der Waals surface area (Å²) in [4.78, 5) is 39.5. The van der Waals surface area contributed by atoms with Crippen molar-refractivity contribution < 1.29 is 19.1 Å². The van der Waals surface area contributed by atoms with Crippen LogP contribution in [0.4, 0.5) is 10.5 Å². The molecule has 0 aromatic heterocycles. The normalized spacial score (nSPS) is 15.6. The fourth-order valence-corrected chi connectivity index (χ4v) is 3.70. The molecule has 1 saturated heterocycles. The molecule has 4 amide bonds. The number of rotatable bonds is 5. The molecule has 162 valence electrons. The molecule has 0 radical (unpaired) electrons. The van der Waals surface area contributed by atoms with E-state index in [-0.39, 0.29) is 11.7 Å². The average Bonchev–Trinajstić information content (AvgIpc) is 2.77. The molecule has 0 saturated carbocycles. The monoisotopic (exact) mass is 428 g/mol. The molecule has 1 aliphatic rings. The van der Waals surface area contributed by atoms with Crippen LogP contribution in [-0.4, -0.2) is 23.9 Å². The van der Waals surface area contributed by atoms with Gasteiger partial charge in [0, 0.05) is 5.56 Å². The number of hydrogen-bond donors (Lipinski definition) is 1. The second-order valence-electron chi connectivity index (χ2n) is 7.84. The first kappa shape index (κ1) is 21.3. The second kappa shape index (κ2) is 8.67. The number of carbonyl (C=O) groups excluding carboxylic acids is 3. The zero-order valence-corrected chi connectivity index (χ0v) is 18.2. The number of fused-ring (bicyclic) bond motifs is 1. The van der Waals surface area contributed by atoms with Crippen LogP contribution in [0.3, 0.4) is 0 Å². The second-order valence-corrected chi connectivity index (χ2v) is 7.84. The van der Waals surface area contributed by atoms with Gasteiger partial charge in [0.2, 0.25) is 0 Å². The van der Waals surface area contributed by atoms with Gasteiger partial charge in [-0.25, -0.2) is 9.69 Å². The van der Waals surface area contributed by atoms with Gasteiger partial charge in [-0.3, -0.25) is 14.9 Å². The predicted octanol–water partition coefficient (Wildman–Crippen LogP) is 4.86. The van der Waals surface area contributed by atoms with Crippen LogP contribution in [0, 0.1) is 0 Å². The molecule has 3 aromatic carbocycles. The number of urea groups is 1. The lowest BCUT2D eigenvalue weighted by atomic mass is 9.99. The number of benzene rings is 3. The highest BCUT2D eigenvalue weighted by atomic mass is 16.5. The maximum absolute atomic E-state index is 13.3. The van der Waals surface area contributed by atoms with Gasteiger partial charge in [0.1, 0.15) is 11.3 Å². The van der Waals surface area contributed by atoms with Crippen molar-refractivity contribution in [3.05, 3.63) is 77.4 Å². The lowest BCUT2D eigenvalue weighted by Crippen LogP contribution is -2.54. The first-order chi connectivity index (χ1) is 15.4. The SMILES string of the molecule is CCc1ccc(N2C(=O)NC(=O)/C(=C\c3c(OC(C)C)ccc4ccccc34)C2=O)cc1. The molecule has 4 rings (SSSR count). The number of aryl methyl sites for hydroxylation is 1. The Kier molecular flexibility index (Phi) is 5.77. The van der Waals surface area contributed by atoms with Gasteiger partial charge < -0.3 is 4.74 Å². The maximum Gasteiger partial charge on any atom is 0.335 e. The van der Waals surface area contributed by atoms with Crippen LogP contribution in [0.5, 0.6) is 5.75 Å². The third-order valence-electron chi connectivity index (χ3n) is 5.29. The Balaban J connectivity index is 1.83. The Morgan fingerprint density at radius 2 is 1.69 bits per heavy atom. The molecule has 0 unspecified atom stereocenters. The molecule has 0 bridgehead atoms. The fourth-order valence-electron chi connectivity index (χ4n) is 3.70. The summed E-state index contributed by atoms with van der Waals surface area (Å²) in [7, 11) is 0. The summed E-state index contributed by atoms with van der Waals surface area (Å²) in [5, 5.41) is 4.07. The van der Waals surface area contributed by atoms with Crippen molar-refractivity contribution in [2.24, 2.45) is 0 Å². The summed E-state index contributed by atoms with van der Waals surface area (Å²) < 4.78 is 5.96. The summed E-state index contributed by atoms with van der Waals surface area (Å²) in [5.74, 6) is -0.848. The van der Waals surface area contributed by atoms with Gasteiger partial charge in [-0.15, -0.1) is 0 Å². The van der Waals surface area contributed by atoms with Crippen LogP contribution < -0.4 is 15.0 Å². The van der Waals surface area contributed by atoms with Crippen molar-refractivity contribution in [1.29, 1.82) is 0 Å². The van der Waals surface area contributed by atoms with E-state index in [1.165, 1.54) is 6.08 Å². The zero-order chi connectivity index (χ0) is 22.8. The van der Waals surface area contributed by atoms with Crippen molar-refractivity contribution in [1.82, 2.24) is 5.32 Å². The molecule has 6 nitrogen and oxygen atoms in total. The van der Waals surface area contributed by atoms with Gasteiger partial charge in [0.05, 0.1) is 11.8 Å². The van der Waals surface area contributed by atoms with Crippen molar-refractivity contribution >= 4 is 40.4 Å². The topological polar surface area (TPSA) is 75.7 Å². The third kappa shape index (κ3) is 3.99. The van der Waals surface area contributed by atoms with Gasteiger partial charge in [-0.1, -0.05) is 49.4 Å². The van der Waals surface area contributed by atoms with E-state index >= 15 is 0 Å². The highest BCUT2D eigenvalue weighted by Crippen LogP contribution is 2.32. The van der Waals surface area contributed by atoms with Gasteiger partial charge in [0.15, 0.2) is 0 Å². The van der Waals surface area contributed by atoms with E-state index in [0.29, 0.717) is 17.0 Å². The number of ether oxygens (including phenoxy) is 1. The Morgan fingerprint density at radius 3 is 2.38 bits per heavy atom. The number of hydrogen-bond acceptors (Lipinski definition) is 4. The number of anilines is 1. The summed E-state index contributed by atoms with van der Waals surface area (Å²) in [6, 6.07) is 17.8. The van der Waals surface area contributed by atoms with Crippen LogP contribution in [-0.2, 0) is 16.0 Å². The third-order valence-corrected chi connectivity index (χ3v) is 5.29. The molecule has 3 aromatic rings. The predicted molar refractivity (Wildman–Crippen MR) is 125 cm³/mol. The number of nitrogens with one attached hydrogen (secondary N) is 1. The Labute approximate surface area is 186 Å². The molecule has 1 fully saturated rings. The average molecular weight is 428 g/mol. The van der Waals surface area contributed by atoms with Crippen molar-refractivity contribution in [3.8, 4) is 5.75 Å². The van der Waals surface area contributed by atoms with Gasteiger partial charge in [-0.05, 0) is 60.9 Å². The van der Waals surface area contributed by atoms with Crippen molar-refractivity contribution in [2.45, 2.75) is 33.3 Å². The van der Waals surface area contributed by atoms with Crippen LogP contribution in [0.25, 0.3) is 16.8 Å². The van der Waals surface area contributed by atoms with E-state index in [0.717, 1.165) is 27.7 Å². The molecule has 1 N–H and O–H groups in total. The Bertz CT molecular complexity index is 1240. The standard InChI is InChI=1S/C26H24N2O4/c1-4-17-9-12-19(13-10-17)28-25(30)22(24(29)27-26(28)31)15-21-20-8-6-5-7-18(20)11-14-23(21)32-16(2)3/h5-16H,4H2,1-3H3,(H,27,29,31)/b22-15+. The molecule has 0 spiro atoms. The van der Waals surface area contributed by atoms with E-state index < -0.39 is 17.8 Å². The number of amides is 4. The molecule has 32 heavy (non-hydrogen) atoms. The van der Waals surface area contributed by atoms with Crippen molar-refractivity contribution in [3.63, 3.8) is 0 Å². The van der Waals surface area contributed by atoms with E-state index in [1.807, 2.05) is 69.3 Å². The van der Waals surface area contributed by atoms with Crippen LogP contribution in [0.1, 0.15) is 31.9 Å². The lowest BCUT2D eigenvalue weighted by Gasteiger charge is -2.26. The smallest absolute Gasteiger partial charge is 0.335 e. The summed E-state index contributed by atoms with van der Waals surface area (Å²) in [6.45, 7) is 5.84. The molecule has 6 heteroatoms. The van der Waals surface area contributed by atoms with E-state index in [1.54, 1.807) is 12.1 Å². The lowest BCUT2D eigenvalue weighted by molar-refractivity contribution is -0.122. The van der Waals surface area contributed by atoms with Gasteiger partial charge in [-0.2, -0.15) is 0 Å². The summed E-state index contributed by atoms with van der Waals surface area (Å²) in [5.41, 5.74) is 1.97. The van der Waals surface area contributed by atoms with Crippen molar-refractivity contribution in [2.75, 3.05) is 4.90 Å². The van der Waals surface area contributed by atoms with Crippen LogP contribution in [0.15, 0.2) is 66.2 Å². The molecular formula is C26H24N2O4. The van der Waals surface area contributed by atoms with E-state index in [2.05, 4.69) is 5.32 Å².